The zero-order chi connectivity index (χ0) is 27.7. The van der Waals surface area contributed by atoms with Crippen LogP contribution < -0.4 is 24.4 Å². The van der Waals surface area contributed by atoms with Gasteiger partial charge in [-0.15, -0.1) is 0 Å². The Bertz CT molecular complexity index is 1600. The predicted molar refractivity (Wildman–Crippen MR) is 156 cm³/mol. The Balaban J connectivity index is 1.66. The van der Waals surface area contributed by atoms with Gasteiger partial charge in [-0.05, 0) is 79.8 Å². The number of aryl methyl sites for hydroxylation is 1. The van der Waals surface area contributed by atoms with E-state index in [4.69, 9.17) is 21.7 Å². The molecule has 2 aromatic carbocycles. The van der Waals surface area contributed by atoms with Crippen molar-refractivity contribution in [1.82, 2.24) is 14.9 Å². The topological polar surface area (TPSA) is 97.7 Å². The maximum Gasteiger partial charge on any atom is 0.229 e. The molecule has 1 fully saturated rings. The largest absolute Gasteiger partial charge is 0.497 e. The van der Waals surface area contributed by atoms with Crippen molar-refractivity contribution in [1.29, 1.82) is 0 Å². The molecule has 0 unspecified atom stereocenters. The van der Waals surface area contributed by atoms with Crippen LogP contribution >= 0.6 is 12.2 Å². The van der Waals surface area contributed by atoms with E-state index in [1.807, 2.05) is 53.4 Å². The van der Waals surface area contributed by atoms with E-state index in [0.717, 1.165) is 40.5 Å². The Morgan fingerprint density at radius 3 is 2.36 bits per heavy atom. The summed E-state index contributed by atoms with van der Waals surface area (Å²) in [6.45, 7) is 2.06. The molecule has 202 valence electrons. The standard InChI is InChI=1S/C28H29N5O4S2/c1-18-8-15-24(32(18)19-9-12-21(36-2)13-10-19)27-26(23-7-5-6-16-29-23)30-28(38)33(27)20-11-14-22(25(17-20)37-3)31-39(4,34)35/h5-17,26-27,31H,1-4H3,(H,30,38)/t26-,27+/m0/s1. The number of anilines is 2. The van der Waals surface area contributed by atoms with Gasteiger partial charge < -0.3 is 24.3 Å². The summed E-state index contributed by atoms with van der Waals surface area (Å²) >= 11 is 5.89. The first-order chi connectivity index (χ1) is 18.7. The highest BCUT2D eigenvalue weighted by Crippen LogP contribution is 2.44. The summed E-state index contributed by atoms with van der Waals surface area (Å²) in [6, 6.07) is 22.6. The van der Waals surface area contributed by atoms with Gasteiger partial charge in [0.1, 0.15) is 17.5 Å². The second-order valence-corrected chi connectivity index (χ2v) is 11.3. The van der Waals surface area contributed by atoms with Gasteiger partial charge in [-0.2, -0.15) is 0 Å². The molecule has 1 aliphatic heterocycles. The van der Waals surface area contributed by atoms with Gasteiger partial charge in [0.05, 0.1) is 37.9 Å². The van der Waals surface area contributed by atoms with Gasteiger partial charge in [-0.3, -0.25) is 9.71 Å². The van der Waals surface area contributed by atoms with Crippen molar-refractivity contribution < 1.29 is 17.9 Å². The number of aromatic nitrogens is 2. The fraction of sp³-hybridized carbons (Fsp3) is 0.214. The second kappa shape index (κ2) is 10.6. The van der Waals surface area contributed by atoms with E-state index < -0.39 is 10.0 Å². The lowest BCUT2D eigenvalue weighted by molar-refractivity contribution is 0.414. The van der Waals surface area contributed by atoms with Gasteiger partial charge >= 0.3 is 0 Å². The lowest BCUT2D eigenvalue weighted by Gasteiger charge is -2.30. The van der Waals surface area contributed by atoms with E-state index in [0.29, 0.717) is 16.5 Å². The molecule has 0 amide bonds. The van der Waals surface area contributed by atoms with Crippen LogP contribution in [0.25, 0.3) is 5.69 Å². The molecule has 0 aliphatic carbocycles. The van der Waals surface area contributed by atoms with Crippen molar-refractivity contribution in [2.75, 3.05) is 30.1 Å². The summed E-state index contributed by atoms with van der Waals surface area (Å²) in [4.78, 5) is 6.67. The SMILES string of the molecule is COc1ccc(-n2c(C)ccc2[C@@H]2[C@H](c3ccccn3)NC(=S)N2c2ccc(NS(C)(=O)=O)c(OC)c2)cc1. The minimum Gasteiger partial charge on any atom is -0.497 e. The number of methoxy groups -OCH3 is 2. The zero-order valence-corrected chi connectivity index (χ0v) is 23.6. The number of benzene rings is 2. The van der Waals surface area contributed by atoms with Crippen molar-refractivity contribution in [3.8, 4) is 17.2 Å². The highest BCUT2D eigenvalue weighted by Gasteiger charge is 2.42. The molecule has 5 rings (SSSR count). The van der Waals surface area contributed by atoms with Gasteiger partial charge in [-0.25, -0.2) is 8.42 Å². The monoisotopic (exact) mass is 563 g/mol. The highest BCUT2D eigenvalue weighted by molar-refractivity contribution is 7.92. The fourth-order valence-electron chi connectivity index (χ4n) is 4.92. The maximum atomic E-state index is 11.9. The summed E-state index contributed by atoms with van der Waals surface area (Å²) in [7, 11) is -0.347. The molecule has 3 heterocycles. The number of nitrogens with one attached hydrogen (secondary N) is 2. The molecule has 1 aliphatic rings. The van der Waals surface area contributed by atoms with Crippen LogP contribution in [0.5, 0.6) is 11.5 Å². The minimum absolute atomic E-state index is 0.259. The lowest BCUT2D eigenvalue weighted by atomic mass is 10.0. The summed E-state index contributed by atoms with van der Waals surface area (Å²) in [6.07, 6.45) is 2.87. The number of rotatable bonds is 8. The van der Waals surface area contributed by atoms with Crippen LogP contribution in [0.4, 0.5) is 11.4 Å². The number of sulfonamides is 1. The summed E-state index contributed by atoms with van der Waals surface area (Å²) < 4.78 is 39.4. The molecular weight excluding hydrogens is 534 g/mol. The Labute approximate surface area is 233 Å². The van der Waals surface area contributed by atoms with E-state index in [1.165, 1.54) is 7.11 Å². The Kier molecular flexibility index (Phi) is 7.19. The number of hydrogen-bond acceptors (Lipinski definition) is 6. The molecule has 4 aromatic rings. The predicted octanol–water partition coefficient (Wildman–Crippen LogP) is 4.75. The Morgan fingerprint density at radius 1 is 0.974 bits per heavy atom. The summed E-state index contributed by atoms with van der Waals surface area (Å²) in [5.41, 5.74) is 4.96. The Hall–Kier alpha value is -4.09. The molecule has 11 heteroatoms. The second-order valence-electron chi connectivity index (χ2n) is 9.19. The smallest absolute Gasteiger partial charge is 0.229 e. The van der Waals surface area contributed by atoms with Crippen LogP contribution in [0, 0.1) is 6.92 Å². The van der Waals surface area contributed by atoms with Crippen LogP contribution in [-0.2, 0) is 10.0 Å². The fourth-order valence-corrected chi connectivity index (χ4v) is 5.83. The van der Waals surface area contributed by atoms with E-state index in [2.05, 4.69) is 38.6 Å². The third kappa shape index (κ3) is 5.27. The van der Waals surface area contributed by atoms with Crippen molar-refractivity contribution in [2.24, 2.45) is 0 Å². The number of thiocarbonyl (C=S) groups is 1. The number of nitrogens with zero attached hydrogens (tertiary/aromatic N) is 3. The van der Waals surface area contributed by atoms with Crippen LogP contribution in [0.1, 0.15) is 29.2 Å². The molecule has 0 bridgehead atoms. The number of hydrogen-bond donors (Lipinski definition) is 2. The zero-order valence-electron chi connectivity index (χ0n) is 22.0. The highest BCUT2D eigenvalue weighted by atomic mass is 32.2. The molecule has 0 radical (unpaired) electrons. The summed E-state index contributed by atoms with van der Waals surface area (Å²) in [5.74, 6) is 1.15. The quantitative estimate of drug-likeness (QED) is 0.297. The third-order valence-electron chi connectivity index (χ3n) is 6.60. The first kappa shape index (κ1) is 26.5. The average Bonchev–Trinajstić information content (AvgIpc) is 3.47. The van der Waals surface area contributed by atoms with Crippen molar-refractivity contribution in [3.05, 3.63) is 96.1 Å². The molecule has 0 saturated carbocycles. The van der Waals surface area contributed by atoms with Gasteiger partial charge in [0.2, 0.25) is 10.0 Å². The molecule has 0 spiro atoms. The average molecular weight is 564 g/mol. The van der Waals surface area contributed by atoms with Gasteiger partial charge in [0.25, 0.3) is 0 Å². The van der Waals surface area contributed by atoms with Crippen LogP contribution in [0.3, 0.4) is 0 Å². The van der Waals surface area contributed by atoms with E-state index >= 15 is 0 Å². The first-order valence-corrected chi connectivity index (χ1v) is 14.5. The normalized spacial score (nSPS) is 17.1. The molecule has 2 N–H and O–H groups in total. The van der Waals surface area contributed by atoms with Crippen molar-refractivity contribution in [2.45, 2.75) is 19.0 Å². The Morgan fingerprint density at radius 2 is 1.72 bits per heavy atom. The van der Waals surface area contributed by atoms with Gasteiger partial charge in [0, 0.05) is 35.0 Å². The van der Waals surface area contributed by atoms with E-state index in [-0.39, 0.29) is 12.1 Å². The minimum atomic E-state index is -3.49. The molecule has 2 atom stereocenters. The van der Waals surface area contributed by atoms with E-state index in [1.54, 1.807) is 25.4 Å². The molecule has 9 nitrogen and oxygen atoms in total. The van der Waals surface area contributed by atoms with Gasteiger partial charge in [0.15, 0.2) is 5.11 Å². The summed E-state index contributed by atoms with van der Waals surface area (Å²) in [5, 5.41) is 3.99. The molecule has 1 saturated heterocycles. The molecule has 39 heavy (non-hydrogen) atoms. The van der Waals surface area contributed by atoms with Crippen molar-refractivity contribution >= 4 is 38.7 Å². The van der Waals surface area contributed by atoms with Crippen LogP contribution in [0.15, 0.2) is 79.0 Å². The number of ether oxygens (including phenoxy) is 2. The van der Waals surface area contributed by atoms with Crippen LogP contribution in [0.2, 0.25) is 0 Å². The van der Waals surface area contributed by atoms with Gasteiger partial charge in [-0.1, -0.05) is 6.07 Å². The van der Waals surface area contributed by atoms with Crippen LogP contribution in [-0.4, -0.2) is 43.6 Å². The lowest BCUT2D eigenvalue weighted by Crippen LogP contribution is -2.30. The van der Waals surface area contributed by atoms with E-state index in [9.17, 15) is 8.42 Å². The number of pyridine rings is 1. The first-order valence-electron chi connectivity index (χ1n) is 12.2. The molecular formula is C28H29N5O4S2. The third-order valence-corrected chi connectivity index (χ3v) is 7.50. The van der Waals surface area contributed by atoms with Crippen molar-refractivity contribution in [3.63, 3.8) is 0 Å². The molecule has 2 aromatic heterocycles. The maximum absolute atomic E-state index is 11.9.